The highest BCUT2D eigenvalue weighted by atomic mass is 32.3. The zero-order chi connectivity index (χ0) is 14.7. The lowest BCUT2D eigenvalue weighted by Crippen LogP contribution is -2.51. The molecule has 0 amide bonds. The Labute approximate surface area is 112 Å². The number of aliphatic hydroxyl groups is 1. The molecule has 1 fully saturated rings. The lowest BCUT2D eigenvalue weighted by atomic mass is 10.3. The van der Waals surface area contributed by atoms with Gasteiger partial charge in [-0.3, -0.25) is 18.9 Å². The first-order valence-electron chi connectivity index (χ1n) is 5.63. The van der Waals surface area contributed by atoms with Gasteiger partial charge in [-0.15, -0.1) is 0 Å². The molecule has 0 bridgehead atoms. The average Bonchev–Trinajstić information content (AvgIpc) is 2.25. The average molecular weight is 318 g/mol. The van der Waals surface area contributed by atoms with Gasteiger partial charge in [0.2, 0.25) is 4.58 Å². The van der Waals surface area contributed by atoms with Crippen LogP contribution in [0.5, 0.6) is 0 Å². The zero-order valence-corrected chi connectivity index (χ0v) is 11.8. The van der Waals surface area contributed by atoms with Crippen molar-refractivity contribution in [2.75, 3.05) is 45.9 Å². The number of piperazine rings is 1. The van der Waals surface area contributed by atoms with Crippen molar-refractivity contribution in [2.24, 2.45) is 0 Å². The molecule has 1 saturated heterocycles. The van der Waals surface area contributed by atoms with E-state index in [2.05, 4.69) is 0 Å². The molecule has 1 aliphatic heterocycles. The summed E-state index contributed by atoms with van der Waals surface area (Å²) in [6.07, 6.45) is 0. The van der Waals surface area contributed by atoms with Crippen molar-refractivity contribution in [1.29, 1.82) is 0 Å². The maximum Gasteiger partial charge on any atom is 0.286 e. The zero-order valence-electron chi connectivity index (χ0n) is 10.2. The highest BCUT2D eigenvalue weighted by molar-refractivity contribution is 8.04. The van der Waals surface area contributed by atoms with Crippen molar-refractivity contribution in [3.63, 3.8) is 0 Å². The molecule has 114 valence electrons. The molecule has 0 aromatic heterocycles. The van der Waals surface area contributed by atoms with Crippen LogP contribution in [-0.4, -0.2) is 91.3 Å². The molecular formula is C8H18N2O7S2. The summed E-state index contributed by atoms with van der Waals surface area (Å²) in [4.78, 5) is 3.46. The number of rotatable bonds is 6. The first kappa shape index (κ1) is 16.8. The van der Waals surface area contributed by atoms with E-state index in [1.165, 1.54) is 4.90 Å². The maximum atomic E-state index is 11.0. The van der Waals surface area contributed by atoms with Gasteiger partial charge in [0.25, 0.3) is 20.2 Å². The standard InChI is InChI=1S/C8H18N2O7S2/c11-6-5-9-1-3-10(4-2-9)7-8(18(12,13)14)19(15,16)17/h8,11H,1-7H2,(H,12,13,14)(H,15,16,17). The van der Waals surface area contributed by atoms with Crippen LogP contribution in [0.1, 0.15) is 0 Å². The minimum atomic E-state index is -4.88. The lowest BCUT2D eigenvalue weighted by Gasteiger charge is -2.35. The van der Waals surface area contributed by atoms with Crippen LogP contribution < -0.4 is 0 Å². The Morgan fingerprint density at radius 1 is 0.895 bits per heavy atom. The first-order chi connectivity index (χ1) is 8.64. The Bertz CT molecular complexity index is 449. The molecule has 11 heteroatoms. The van der Waals surface area contributed by atoms with Crippen LogP contribution in [0.2, 0.25) is 0 Å². The van der Waals surface area contributed by atoms with Crippen molar-refractivity contribution in [1.82, 2.24) is 9.80 Å². The molecule has 0 spiro atoms. The molecule has 9 nitrogen and oxygen atoms in total. The third-order valence-electron chi connectivity index (χ3n) is 2.95. The fourth-order valence-electron chi connectivity index (χ4n) is 1.89. The molecule has 0 saturated carbocycles. The SMILES string of the molecule is O=S(=O)(O)C(CN1CCN(CCO)CC1)S(=O)(=O)O. The van der Waals surface area contributed by atoms with Crippen LogP contribution in [0.15, 0.2) is 0 Å². The van der Waals surface area contributed by atoms with E-state index in [9.17, 15) is 16.8 Å². The minimum absolute atomic E-state index is 0.0126. The molecular weight excluding hydrogens is 300 g/mol. The van der Waals surface area contributed by atoms with E-state index >= 15 is 0 Å². The normalized spacial score (nSPS) is 20.0. The number of hydrogen-bond acceptors (Lipinski definition) is 7. The molecule has 0 radical (unpaired) electrons. The minimum Gasteiger partial charge on any atom is -0.395 e. The number of nitrogens with zero attached hydrogens (tertiary/aromatic N) is 2. The second kappa shape index (κ2) is 6.43. The van der Waals surface area contributed by atoms with Crippen molar-refractivity contribution in [3.05, 3.63) is 0 Å². The van der Waals surface area contributed by atoms with Gasteiger partial charge in [-0.25, -0.2) is 0 Å². The van der Waals surface area contributed by atoms with E-state index in [1.807, 2.05) is 4.90 Å². The Balaban J connectivity index is 2.64. The summed E-state index contributed by atoms with van der Waals surface area (Å²) in [5.41, 5.74) is 0. The van der Waals surface area contributed by atoms with E-state index in [-0.39, 0.29) is 6.61 Å². The van der Waals surface area contributed by atoms with Gasteiger partial charge in [0.15, 0.2) is 0 Å². The van der Waals surface area contributed by atoms with E-state index in [0.717, 1.165) is 0 Å². The quantitative estimate of drug-likeness (QED) is 0.462. The molecule has 3 N–H and O–H groups in total. The van der Waals surface area contributed by atoms with E-state index in [0.29, 0.717) is 32.7 Å². The Kier molecular flexibility index (Phi) is 5.67. The van der Waals surface area contributed by atoms with Gasteiger partial charge >= 0.3 is 0 Å². The van der Waals surface area contributed by atoms with Crippen LogP contribution >= 0.6 is 0 Å². The summed E-state index contributed by atoms with van der Waals surface area (Å²) in [5.74, 6) is 0. The van der Waals surface area contributed by atoms with Crippen LogP contribution in [0.4, 0.5) is 0 Å². The van der Waals surface area contributed by atoms with Crippen molar-refractivity contribution in [3.8, 4) is 0 Å². The second-order valence-corrected chi connectivity index (χ2v) is 7.82. The number of aliphatic hydroxyl groups excluding tert-OH is 1. The van der Waals surface area contributed by atoms with Gasteiger partial charge in [0.05, 0.1) is 6.61 Å². The summed E-state index contributed by atoms with van der Waals surface area (Å²) >= 11 is 0. The van der Waals surface area contributed by atoms with E-state index in [4.69, 9.17) is 14.2 Å². The molecule has 0 aromatic rings. The molecule has 0 aromatic carbocycles. The predicted octanol–water partition coefficient (Wildman–Crippen LogP) is -2.30. The summed E-state index contributed by atoms with van der Waals surface area (Å²) in [6.45, 7) is 1.90. The predicted molar refractivity (Wildman–Crippen MR) is 66.9 cm³/mol. The van der Waals surface area contributed by atoms with E-state index < -0.39 is 31.4 Å². The molecule has 0 atom stereocenters. The third kappa shape index (κ3) is 5.30. The summed E-state index contributed by atoms with van der Waals surface area (Å²) in [6, 6.07) is 0. The van der Waals surface area contributed by atoms with Gasteiger partial charge in [-0.1, -0.05) is 0 Å². The highest BCUT2D eigenvalue weighted by Crippen LogP contribution is 2.11. The van der Waals surface area contributed by atoms with Crippen molar-refractivity contribution < 1.29 is 31.0 Å². The fourth-order valence-corrected chi connectivity index (χ4v) is 3.92. The van der Waals surface area contributed by atoms with Crippen LogP contribution in [0.25, 0.3) is 0 Å². The largest absolute Gasteiger partial charge is 0.395 e. The molecule has 1 rings (SSSR count). The smallest absolute Gasteiger partial charge is 0.286 e. The van der Waals surface area contributed by atoms with Crippen molar-refractivity contribution >= 4 is 20.2 Å². The summed E-state index contributed by atoms with van der Waals surface area (Å²) < 4.78 is 59.3. The Morgan fingerprint density at radius 2 is 1.32 bits per heavy atom. The summed E-state index contributed by atoms with van der Waals surface area (Å²) in [7, 11) is -9.76. The molecule has 19 heavy (non-hydrogen) atoms. The van der Waals surface area contributed by atoms with Crippen LogP contribution in [0, 0.1) is 0 Å². The highest BCUT2D eigenvalue weighted by Gasteiger charge is 2.37. The van der Waals surface area contributed by atoms with Crippen LogP contribution in [-0.2, 0) is 20.2 Å². The maximum absolute atomic E-state index is 11.0. The molecule has 0 unspecified atom stereocenters. The number of hydrogen-bond donors (Lipinski definition) is 3. The fraction of sp³-hybridized carbons (Fsp3) is 1.00. The lowest BCUT2D eigenvalue weighted by molar-refractivity contribution is 0.114. The molecule has 1 heterocycles. The first-order valence-corrected chi connectivity index (χ1v) is 8.63. The van der Waals surface area contributed by atoms with Gasteiger partial charge in [0, 0.05) is 39.3 Å². The Morgan fingerprint density at radius 3 is 1.68 bits per heavy atom. The molecule has 1 aliphatic rings. The molecule has 0 aliphatic carbocycles. The Hall–Kier alpha value is -0.300. The topological polar surface area (TPSA) is 135 Å². The van der Waals surface area contributed by atoms with Crippen LogP contribution in [0.3, 0.4) is 0 Å². The van der Waals surface area contributed by atoms with Gasteiger partial charge < -0.3 is 5.11 Å². The van der Waals surface area contributed by atoms with Gasteiger partial charge in [-0.05, 0) is 0 Å². The van der Waals surface area contributed by atoms with Gasteiger partial charge in [0.1, 0.15) is 0 Å². The third-order valence-corrected chi connectivity index (χ3v) is 6.04. The van der Waals surface area contributed by atoms with Crippen molar-refractivity contribution in [2.45, 2.75) is 4.58 Å². The summed E-state index contributed by atoms with van der Waals surface area (Å²) in [5, 5.41) is 8.76. The number of β-amino-alcohol motifs (C(OH)–C–C–N with tert-alkyl or cyclic N) is 1. The van der Waals surface area contributed by atoms with E-state index in [1.54, 1.807) is 0 Å². The monoisotopic (exact) mass is 318 g/mol. The second-order valence-electron chi connectivity index (χ2n) is 4.33. The van der Waals surface area contributed by atoms with Gasteiger partial charge in [-0.2, -0.15) is 16.8 Å².